The average Bonchev–Trinajstić information content (AvgIpc) is 2.74. The van der Waals surface area contributed by atoms with Gasteiger partial charge in [-0.05, 0) is 43.3 Å². The maximum absolute atomic E-state index is 13.3. The molecular formula is C21H21F2N7O. The lowest BCUT2D eigenvalue weighted by atomic mass is 10.3. The van der Waals surface area contributed by atoms with Crippen LogP contribution in [0.3, 0.4) is 0 Å². The number of amides is 2. The number of anilines is 4. The van der Waals surface area contributed by atoms with Crippen molar-refractivity contribution in [3.8, 4) is 0 Å². The van der Waals surface area contributed by atoms with E-state index in [0.29, 0.717) is 43.6 Å². The minimum absolute atomic E-state index is 0.0852. The number of pyridine rings is 1. The summed E-state index contributed by atoms with van der Waals surface area (Å²) in [6.07, 6.45) is 0. The van der Waals surface area contributed by atoms with Crippen LogP contribution >= 0.6 is 0 Å². The number of nitrogens with zero attached hydrogens (tertiary/aromatic N) is 5. The molecule has 0 atom stereocenters. The number of benzene rings is 1. The molecule has 2 N–H and O–H groups in total. The molecule has 0 unspecified atom stereocenters. The van der Waals surface area contributed by atoms with Crippen molar-refractivity contribution < 1.29 is 13.6 Å². The Labute approximate surface area is 177 Å². The van der Waals surface area contributed by atoms with Gasteiger partial charge in [-0.3, -0.25) is 0 Å². The van der Waals surface area contributed by atoms with Crippen molar-refractivity contribution in [2.75, 3.05) is 41.7 Å². The minimum Gasteiger partial charge on any atom is -0.352 e. The van der Waals surface area contributed by atoms with Gasteiger partial charge < -0.3 is 20.4 Å². The van der Waals surface area contributed by atoms with Gasteiger partial charge in [0.15, 0.2) is 11.6 Å². The summed E-state index contributed by atoms with van der Waals surface area (Å²) in [5.41, 5.74) is 0.987. The fourth-order valence-corrected chi connectivity index (χ4v) is 3.27. The molecule has 3 aromatic rings. The second kappa shape index (κ2) is 8.90. The van der Waals surface area contributed by atoms with Crippen LogP contribution in [0.1, 0.15) is 5.69 Å². The molecule has 1 fully saturated rings. The lowest BCUT2D eigenvalue weighted by molar-refractivity contribution is 0.208. The molecule has 0 spiro atoms. The lowest BCUT2D eigenvalue weighted by Gasteiger charge is -2.35. The van der Waals surface area contributed by atoms with Crippen molar-refractivity contribution in [3.63, 3.8) is 0 Å². The van der Waals surface area contributed by atoms with Crippen LogP contribution in [0.15, 0.2) is 48.5 Å². The molecule has 0 radical (unpaired) electrons. The number of carbonyl (C=O) groups excluding carboxylic acids is 1. The summed E-state index contributed by atoms with van der Waals surface area (Å²) in [5, 5.41) is 14.1. The third kappa shape index (κ3) is 5.21. The number of aromatic nitrogens is 3. The third-order valence-electron chi connectivity index (χ3n) is 4.80. The number of halogens is 2. The van der Waals surface area contributed by atoms with E-state index >= 15 is 0 Å². The van der Waals surface area contributed by atoms with E-state index in [0.717, 1.165) is 23.9 Å². The molecule has 0 bridgehead atoms. The highest BCUT2D eigenvalue weighted by atomic mass is 19.1. The molecule has 10 heteroatoms. The summed E-state index contributed by atoms with van der Waals surface area (Å²) in [7, 11) is 0. The molecule has 2 aromatic heterocycles. The topological polar surface area (TPSA) is 86.3 Å². The van der Waals surface area contributed by atoms with Crippen molar-refractivity contribution in [2.24, 2.45) is 0 Å². The van der Waals surface area contributed by atoms with Crippen molar-refractivity contribution in [1.82, 2.24) is 20.1 Å². The Bertz CT molecular complexity index is 1050. The third-order valence-corrected chi connectivity index (χ3v) is 4.80. The lowest BCUT2D eigenvalue weighted by Crippen LogP contribution is -2.50. The fraction of sp³-hybridized carbons (Fsp3) is 0.238. The van der Waals surface area contributed by atoms with Gasteiger partial charge in [-0.25, -0.2) is 18.6 Å². The Morgan fingerprint density at radius 2 is 1.68 bits per heavy atom. The van der Waals surface area contributed by atoms with Crippen molar-refractivity contribution >= 4 is 29.2 Å². The largest absolute Gasteiger partial charge is 0.352 e. The highest BCUT2D eigenvalue weighted by Crippen LogP contribution is 2.18. The monoisotopic (exact) mass is 425 g/mol. The highest BCUT2D eigenvalue weighted by Gasteiger charge is 2.22. The highest BCUT2D eigenvalue weighted by molar-refractivity contribution is 5.89. The minimum atomic E-state index is -0.741. The quantitative estimate of drug-likeness (QED) is 0.665. The summed E-state index contributed by atoms with van der Waals surface area (Å²) in [5.74, 6) is 0.502. The normalized spacial score (nSPS) is 13.8. The maximum atomic E-state index is 13.3. The summed E-state index contributed by atoms with van der Waals surface area (Å²) in [6.45, 7) is 3.92. The van der Waals surface area contributed by atoms with E-state index in [4.69, 9.17) is 0 Å². The number of urea groups is 1. The maximum Gasteiger partial charge on any atom is 0.321 e. The molecule has 4 rings (SSSR count). The molecule has 160 valence electrons. The van der Waals surface area contributed by atoms with E-state index in [-0.39, 0.29) is 5.69 Å². The summed E-state index contributed by atoms with van der Waals surface area (Å²) in [6, 6.07) is 11.9. The second-order valence-electron chi connectivity index (χ2n) is 7.13. The van der Waals surface area contributed by atoms with E-state index in [1.165, 1.54) is 0 Å². The molecular weight excluding hydrogens is 404 g/mol. The fourth-order valence-electron chi connectivity index (χ4n) is 3.27. The first kappa shape index (κ1) is 20.5. The van der Waals surface area contributed by atoms with Crippen LogP contribution in [0, 0.1) is 18.6 Å². The van der Waals surface area contributed by atoms with Gasteiger partial charge in [-0.15, -0.1) is 10.2 Å². The summed E-state index contributed by atoms with van der Waals surface area (Å²) in [4.78, 5) is 20.4. The number of hydrogen-bond acceptors (Lipinski definition) is 6. The van der Waals surface area contributed by atoms with Gasteiger partial charge in [-0.1, -0.05) is 6.07 Å². The zero-order chi connectivity index (χ0) is 21.8. The molecule has 3 heterocycles. The van der Waals surface area contributed by atoms with Crippen molar-refractivity contribution in [1.29, 1.82) is 0 Å². The predicted molar refractivity (Wildman–Crippen MR) is 113 cm³/mol. The van der Waals surface area contributed by atoms with E-state index in [1.807, 2.05) is 42.2 Å². The van der Waals surface area contributed by atoms with Crippen LogP contribution in [-0.4, -0.2) is 52.3 Å². The SMILES string of the molecule is Cc1cccc(Nc2ccc(N3CCN(C(=O)Nc4cc(F)cc(F)c4)CC3)nn2)n1. The van der Waals surface area contributed by atoms with Crippen molar-refractivity contribution in [3.05, 3.63) is 65.9 Å². The Kier molecular flexibility index (Phi) is 5.87. The van der Waals surface area contributed by atoms with Crippen LogP contribution in [-0.2, 0) is 0 Å². The molecule has 0 saturated carbocycles. The number of hydrogen-bond donors (Lipinski definition) is 2. The van der Waals surface area contributed by atoms with Crippen LogP contribution in [0.2, 0.25) is 0 Å². The van der Waals surface area contributed by atoms with Gasteiger partial charge in [0.25, 0.3) is 0 Å². The van der Waals surface area contributed by atoms with Gasteiger partial charge in [0.2, 0.25) is 0 Å². The summed E-state index contributed by atoms with van der Waals surface area (Å²) < 4.78 is 26.6. The van der Waals surface area contributed by atoms with E-state index in [9.17, 15) is 13.6 Å². The van der Waals surface area contributed by atoms with Crippen LogP contribution in [0.5, 0.6) is 0 Å². The van der Waals surface area contributed by atoms with Crippen LogP contribution in [0.25, 0.3) is 0 Å². The Morgan fingerprint density at radius 3 is 2.32 bits per heavy atom. The number of piperazine rings is 1. The Morgan fingerprint density at radius 1 is 0.935 bits per heavy atom. The molecule has 1 aliphatic rings. The van der Waals surface area contributed by atoms with Crippen LogP contribution < -0.4 is 15.5 Å². The average molecular weight is 425 g/mol. The second-order valence-corrected chi connectivity index (χ2v) is 7.13. The van der Waals surface area contributed by atoms with Gasteiger partial charge in [0.1, 0.15) is 17.5 Å². The Balaban J connectivity index is 1.31. The van der Waals surface area contributed by atoms with Crippen molar-refractivity contribution in [2.45, 2.75) is 6.92 Å². The molecule has 1 saturated heterocycles. The number of aryl methyl sites for hydroxylation is 1. The first-order chi connectivity index (χ1) is 15.0. The number of rotatable bonds is 4. The standard InChI is InChI=1S/C21H21F2N7O/c1-14-3-2-4-18(24-14)26-19-5-6-20(28-27-19)29-7-9-30(10-8-29)21(31)25-17-12-15(22)11-16(23)13-17/h2-6,11-13H,7-10H2,1H3,(H,25,31)(H,24,26,27). The van der Waals surface area contributed by atoms with Crippen LogP contribution in [0.4, 0.5) is 36.7 Å². The Hall–Kier alpha value is -3.82. The molecule has 2 amide bonds. The van der Waals surface area contributed by atoms with E-state index in [2.05, 4.69) is 25.8 Å². The smallest absolute Gasteiger partial charge is 0.321 e. The zero-order valence-electron chi connectivity index (χ0n) is 16.8. The number of carbonyl (C=O) groups is 1. The number of nitrogens with one attached hydrogen (secondary N) is 2. The zero-order valence-corrected chi connectivity index (χ0v) is 16.8. The predicted octanol–water partition coefficient (Wildman–Crippen LogP) is 3.56. The first-order valence-electron chi connectivity index (χ1n) is 9.78. The molecule has 1 aliphatic heterocycles. The van der Waals surface area contributed by atoms with E-state index < -0.39 is 17.7 Å². The van der Waals surface area contributed by atoms with Gasteiger partial charge >= 0.3 is 6.03 Å². The van der Waals surface area contributed by atoms with Gasteiger partial charge in [-0.2, -0.15) is 0 Å². The molecule has 1 aromatic carbocycles. The van der Waals surface area contributed by atoms with Gasteiger partial charge in [0.05, 0.1) is 0 Å². The first-order valence-corrected chi connectivity index (χ1v) is 9.78. The molecule has 8 nitrogen and oxygen atoms in total. The molecule has 31 heavy (non-hydrogen) atoms. The van der Waals surface area contributed by atoms with E-state index in [1.54, 1.807) is 4.90 Å². The molecule has 0 aliphatic carbocycles. The van der Waals surface area contributed by atoms with Gasteiger partial charge in [0, 0.05) is 43.6 Å². The summed E-state index contributed by atoms with van der Waals surface area (Å²) >= 11 is 0.